The lowest BCUT2D eigenvalue weighted by molar-refractivity contribution is -0.144. The summed E-state index contributed by atoms with van der Waals surface area (Å²) in [5.74, 6) is -1.61. The summed E-state index contributed by atoms with van der Waals surface area (Å²) in [5, 5.41) is 3.09. The molecule has 1 unspecified atom stereocenters. The zero-order chi connectivity index (χ0) is 11.4. The fourth-order valence-electron chi connectivity index (χ4n) is 0.871. The molecule has 1 aliphatic heterocycles. The summed E-state index contributed by atoms with van der Waals surface area (Å²) in [7, 11) is 2.32. The summed E-state index contributed by atoms with van der Waals surface area (Å²) >= 11 is -0.119. The van der Waals surface area contributed by atoms with Crippen molar-refractivity contribution in [3.63, 3.8) is 0 Å². The lowest BCUT2D eigenvalue weighted by atomic mass is 10.3. The number of ether oxygens (including phenoxy) is 2. The van der Waals surface area contributed by atoms with E-state index in [-0.39, 0.29) is 9.81 Å². The van der Waals surface area contributed by atoms with E-state index in [1.54, 1.807) is 5.41 Å². The first-order chi connectivity index (χ1) is 7.11. The van der Waals surface area contributed by atoms with E-state index in [9.17, 15) is 14.1 Å². The smallest absolute Gasteiger partial charge is 0.351 e. The number of hydrogen-bond acceptors (Lipinski definition) is 6. The van der Waals surface area contributed by atoms with Crippen molar-refractivity contribution in [1.29, 1.82) is 0 Å². The van der Waals surface area contributed by atoms with Crippen LogP contribution in [0.5, 0.6) is 0 Å². The van der Waals surface area contributed by atoms with Gasteiger partial charge in [-0.3, -0.25) is 0 Å². The van der Waals surface area contributed by atoms with Gasteiger partial charge in [0.25, 0.3) is 4.24 Å². The fraction of sp³-hybridized carbons (Fsp3) is 0.250. The van der Waals surface area contributed by atoms with Crippen LogP contribution in [-0.4, -0.2) is 30.7 Å². The van der Waals surface area contributed by atoms with Gasteiger partial charge in [-0.1, -0.05) is 0 Å². The van der Waals surface area contributed by atoms with E-state index in [2.05, 4.69) is 9.47 Å². The number of rotatable bonds is 2. The van der Waals surface area contributed by atoms with Crippen molar-refractivity contribution < 1.29 is 23.6 Å². The molecule has 1 aliphatic rings. The molecule has 15 heavy (non-hydrogen) atoms. The normalized spacial score (nSPS) is 18.9. The van der Waals surface area contributed by atoms with Crippen LogP contribution in [0.4, 0.5) is 0 Å². The van der Waals surface area contributed by atoms with Gasteiger partial charge in [-0.05, 0) is 11.8 Å². The number of hydrogen-bond donors (Lipinski definition) is 1. The Morgan fingerprint density at radius 3 is 2.20 bits per heavy atom. The Labute approximate surface area is 93.7 Å². The molecular formula is C8H9O5S2+. The standard InChI is InChI=1S/C8H9O5S2/c1-12-6(9)5(7(10)13-2)8-14-3-4-15(8)11/h3-4,11H,1-2H3/q+1. The minimum atomic E-state index is -1.22. The molecule has 0 aliphatic carbocycles. The van der Waals surface area contributed by atoms with E-state index in [4.69, 9.17) is 0 Å². The van der Waals surface area contributed by atoms with Gasteiger partial charge in [0.2, 0.25) is 16.7 Å². The molecule has 0 saturated carbocycles. The van der Waals surface area contributed by atoms with E-state index in [0.717, 1.165) is 26.0 Å². The SMILES string of the molecule is COC(=O)C(C(=O)OC)=C1SC=C[S+]1O. The number of carbonyl (C=O) groups excluding carboxylic acids is 2. The Balaban J connectivity index is 3.10. The first-order valence-electron chi connectivity index (χ1n) is 3.78. The van der Waals surface area contributed by atoms with Crippen molar-refractivity contribution in [1.82, 2.24) is 0 Å². The van der Waals surface area contributed by atoms with Crippen molar-refractivity contribution in [3.05, 3.63) is 20.6 Å². The van der Waals surface area contributed by atoms with Crippen LogP contribution in [0.1, 0.15) is 0 Å². The van der Waals surface area contributed by atoms with Crippen molar-refractivity contribution in [2.75, 3.05) is 14.2 Å². The number of esters is 2. The van der Waals surface area contributed by atoms with Gasteiger partial charge in [0.15, 0.2) is 5.41 Å². The molecule has 0 spiro atoms. The minimum Gasteiger partial charge on any atom is -0.465 e. The summed E-state index contributed by atoms with van der Waals surface area (Å²) in [4.78, 5) is 22.6. The summed E-state index contributed by atoms with van der Waals surface area (Å²) in [6, 6.07) is 0. The van der Waals surface area contributed by atoms with Crippen molar-refractivity contribution in [2.45, 2.75) is 0 Å². The Morgan fingerprint density at radius 2 is 1.87 bits per heavy atom. The molecule has 0 bridgehead atoms. The Bertz CT molecular complexity index is 329. The largest absolute Gasteiger partial charge is 0.465 e. The van der Waals surface area contributed by atoms with Crippen LogP contribution < -0.4 is 0 Å². The highest BCUT2D eigenvalue weighted by Gasteiger charge is 2.38. The highest BCUT2D eigenvalue weighted by Crippen LogP contribution is 2.35. The first kappa shape index (κ1) is 12.2. The maximum absolute atomic E-state index is 11.3. The van der Waals surface area contributed by atoms with Crippen molar-refractivity contribution in [3.8, 4) is 0 Å². The van der Waals surface area contributed by atoms with Crippen molar-refractivity contribution >= 4 is 34.9 Å². The van der Waals surface area contributed by atoms with Crippen LogP contribution >= 0.6 is 11.8 Å². The van der Waals surface area contributed by atoms with E-state index in [1.807, 2.05) is 0 Å². The molecule has 0 aromatic heterocycles. The van der Waals surface area contributed by atoms with Gasteiger partial charge in [-0.2, -0.15) is 4.55 Å². The molecule has 1 heterocycles. The predicted molar refractivity (Wildman–Crippen MR) is 57.8 cm³/mol. The van der Waals surface area contributed by atoms with Crippen molar-refractivity contribution in [2.24, 2.45) is 0 Å². The molecule has 0 saturated heterocycles. The Hall–Kier alpha value is -0.920. The second-order valence-electron chi connectivity index (χ2n) is 2.35. The maximum Gasteiger partial charge on any atom is 0.351 e. The van der Waals surface area contributed by atoms with Crippen LogP contribution in [0.3, 0.4) is 0 Å². The van der Waals surface area contributed by atoms with Crippen LogP contribution in [0, 0.1) is 0 Å². The molecule has 0 aromatic carbocycles. The lowest BCUT2D eigenvalue weighted by Crippen LogP contribution is -2.19. The maximum atomic E-state index is 11.3. The summed E-state index contributed by atoms with van der Waals surface area (Å²) in [6.07, 6.45) is 0. The van der Waals surface area contributed by atoms with Gasteiger partial charge < -0.3 is 9.47 Å². The average Bonchev–Trinajstić information content (AvgIpc) is 2.64. The number of methoxy groups -OCH3 is 2. The van der Waals surface area contributed by atoms with Crippen LogP contribution in [0.25, 0.3) is 0 Å². The molecule has 0 fully saturated rings. The molecule has 1 atom stereocenters. The molecule has 7 heteroatoms. The number of thioether (sulfide) groups is 1. The van der Waals surface area contributed by atoms with Gasteiger partial charge in [0.05, 0.1) is 14.2 Å². The van der Waals surface area contributed by atoms with Gasteiger partial charge in [0, 0.05) is 5.41 Å². The van der Waals surface area contributed by atoms with Crippen LogP contribution in [-0.2, 0) is 30.2 Å². The van der Waals surface area contributed by atoms with Crippen LogP contribution in [0.2, 0.25) is 0 Å². The van der Waals surface area contributed by atoms with E-state index >= 15 is 0 Å². The van der Waals surface area contributed by atoms with Crippen LogP contribution in [0.15, 0.2) is 20.6 Å². The average molecular weight is 249 g/mol. The van der Waals surface area contributed by atoms with Gasteiger partial charge in [-0.15, -0.1) is 0 Å². The third-order valence-electron chi connectivity index (χ3n) is 1.53. The summed E-state index contributed by atoms with van der Waals surface area (Å²) < 4.78 is 18.7. The van der Waals surface area contributed by atoms with Gasteiger partial charge >= 0.3 is 11.9 Å². The molecule has 0 amide bonds. The van der Waals surface area contributed by atoms with Gasteiger partial charge in [-0.25, -0.2) is 9.59 Å². The zero-order valence-electron chi connectivity index (χ0n) is 8.05. The molecule has 1 N–H and O–H groups in total. The van der Waals surface area contributed by atoms with E-state index in [0.29, 0.717) is 0 Å². The fourth-order valence-corrected chi connectivity index (χ4v) is 3.15. The zero-order valence-corrected chi connectivity index (χ0v) is 9.68. The Morgan fingerprint density at radius 1 is 1.33 bits per heavy atom. The molecule has 5 nitrogen and oxygen atoms in total. The minimum absolute atomic E-state index is 0.249. The highest BCUT2D eigenvalue weighted by atomic mass is 32.3. The third-order valence-corrected chi connectivity index (χ3v) is 4.17. The highest BCUT2D eigenvalue weighted by molar-refractivity contribution is 8.24. The predicted octanol–water partition coefficient (Wildman–Crippen LogP) is 0.853. The molecule has 0 aromatic rings. The van der Waals surface area contributed by atoms with Gasteiger partial charge in [0.1, 0.15) is 0 Å². The third kappa shape index (κ3) is 2.55. The summed E-state index contributed by atoms with van der Waals surface area (Å²) in [5.41, 5.74) is -0.249. The Kier molecular flexibility index (Phi) is 4.25. The second kappa shape index (κ2) is 5.24. The molecule has 82 valence electrons. The van der Waals surface area contributed by atoms with E-state index < -0.39 is 23.1 Å². The molecular weight excluding hydrogens is 240 g/mol. The topological polar surface area (TPSA) is 72.8 Å². The second-order valence-corrected chi connectivity index (χ2v) is 4.83. The number of carbonyl (C=O) groups is 2. The first-order valence-corrected chi connectivity index (χ1v) is 5.90. The van der Waals surface area contributed by atoms with E-state index in [1.165, 1.54) is 5.41 Å². The quantitative estimate of drug-likeness (QED) is 0.257. The lowest BCUT2D eigenvalue weighted by Gasteiger charge is -2.03. The molecule has 1 rings (SSSR count). The molecule has 0 radical (unpaired) electrons. The monoisotopic (exact) mass is 249 g/mol. The summed E-state index contributed by atoms with van der Waals surface area (Å²) in [6.45, 7) is 0.